The van der Waals surface area contributed by atoms with Gasteiger partial charge in [-0.1, -0.05) is 0 Å². The van der Waals surface area contributed by atoms with Crippen molar-refractivity contribution in [3.63, 3.8) is 0 Å². The second-order valence-electron chi connectivity index (χ2n) is 2.42. The molecule has 0 spiro atoms. The third kappa shape index (κ3) is 2.54. The molecule has 1 heterocycles. The maximum atomic E-state index is 11.4. The summed E-state index contributed by atoms with van der Waals surface area (Å²) in [6.45, 7) is 1.64. The molecular formula is C8H7BrN2OS. The summed E-state index contributed by atoms with van der Waals surface area (Å²) in [6.07, 6.45) is 0. The van der Waals surface area contributed by atoms with Crippen molar-refractivity contribution in [1.82, 2.24) is 5.32 Å². The van der Waals surface area contributed by atoms with Crippen LogP contribution in [0.25, 0.3) is 0 Å². The van der Waals surface area contributed by atoms with Gasteiger partial charge in [-0.05, 0) is 34.3 Å². The molecule has 0 radical (unpaired) electrons. The highest BCUT2D eigenvalue weighted by Crippen LogP contribution is 2.22. The lowest BCUT2D eigenvalue weighted by molar-refractivity contribution is 0.0951. The lowest BCUT2D eigenvalue weighted by Crippen LogP contribution is -2.30. The second kappa shape index (κ2) is 4.40. The van der Waals surface area contributed by atoms with E-state index < -0.39 is 6.04 Å². The monoisotopic (exact) mass is 258 g/mol. The van der Waals surface area contributed by atoms with E-state index in [1.54, 1.807) is 13.0 Å². The molecule has 1 rings (SSSR count). The van der Waals surface area contributed by atoms with Gasteiger partial charge < -0.3 is 5.32 Å². The summed E-state index contributed by atoms with van der Waals surface area (Å²) < 4.78 is 0.764. The summed E-state index contributed by atoms with van der Waals surface area (Å²) in [7, 11) is 0. The molecule has 3 nitrogen and oxygen atoms in total. The molecule has 1 atom stereocenters. The first kappa shape index (κ1) is 10.2. The van der Waals surface area contributed by atoms with Crippen LogP contribution >= 0.6 is 27.3 Å². The lowest BCUT2D eigenvalue weighted by Gasteiger charge is -2.04. The molecule has 1 N–H and O–H groups in total. The first-order chi connectivity index (χ1) is 6.15. The predicted molar refractivity (Wildman–Crippen MR) is 54.6 cm³/mol. The van der Waals surface area contributed by atoms with E-state index in [0.29, 0.717) is 4.88 Å². The molecule has 0 saturated carbocycles. The van der Waals surface area contributed by atoms with Crippen LogP contribution in [0.15, 0.2) is 15.9 Å². The minimum Gasteiger partial charge on any atom is -0.336 e. The van der Waals surface area contributed by atoms with Crippen molar-refractivity contribution in [2.24, 2.45) is 0 Å². The number of halogens is 1. The van der Waals surface area contributed by atoms with Crippen LogP contribution in [0.3, 0.4) is 0 Å². The van der Waals surface area contributed by atoms with Crippen molar-refractivity contribution in [2.75, 3.05) is 0 Å². The van der Waals surface area contributed by atoms with Gasteiger partial charge in [-0.3, -0.25) is 4.79 Å². The van der Waals surface area contributed by atoms with Crippen molar-refractivity contribution < 1.29 is 4.79 Å². The highest BCUT2D eigenvalue weighted by Gasteiger charge is 2.12. The van der Waals surface area contributed by atoms with Crippen molar-refractivity contribution in [3.05, 3.63) is 20.8 Å². The summed E-state index contributed by atoms with van der Waals surface area (Å²) in [6, 6.07) is 3.28. The molecule has 0 bridgehead atoms. The SMILES string of the molecule is C[C@H](C#N)NC(=O)c1sccc1Br. The molecule has 0 aliphatic carbocycles. The Bertz CT molecular complexity index is 355. The smallest absolute Gasteiger partial charge is 0.263 e. The number of nitrogens with zero attached hydrogens (tertiary/aromatic N) is 1. The first-order valence-electron chi connectivity index (χ1n) is 3.58. The highest BCUT2D eigenvalue weighted by atomic mass is 79.9. The van der Waals surface area contributed by atoms with E-state index in [1.807, 2.05) is 11.4 Å². The molecule has 1 aromatic heterocycles. The zero-order chi connectivity index (χ0) is 9.84. The highest BCUT2D eigenvalue weighted by molar-refractivity contribution is 9.10. The first-order valence-corrected chi connectivity index (χ1v) is 5.26. The molecule has 0 unspecified atom stereocenters. The average molecular weight is 259 g/mol. The van der Waals surface area contributed by atoms with E-state index >= 15 is 0 Å². The molecular weight excluding hydrogens is 252 g/mol. The van der Waals surface area contributed by atoms with Gasteiger partial charge in [-0.2, -0.15) is 5.26 Å². The van der Waals surface area contributed by atoms with Crippen LogP contribution in [0.4, 0.5) is 0 Å². The minimum absolute atomic E-state index is 0.212. The van der Waals surface area contributed by atoms with Gasteiger partial charge in [-0.15, -0.1) is 11.3 Å². The zero-order valence-electron chi connectivity index (χ0n) is 6.87. The lowest BCUT2D eigenvalue weighted by atomic mass is 10.3. The fraction of sp³-hybridized carbons (Fsp3) is 0.250. The van der Waals surface area contributed by atoms with Gasteiger partial charge in [0.05, 0.1) is 6.07 Å². The molecule has 0 fully saturated rings. The number of hydrogen-bond acceptors (Lipinski definition) is 3. The minimum atomic E-state index is -0.457. The summed E-state index contributed by atoms with van der Waals surface area (Å²) >= 11 is 4.59. The van der Waals surface area contributed by atoms with Crippen molar-refractivity contribution in [2.45, 2.75) is 13.0 Å². The average Bonchev–Trinajstić information content (AvgIpc) is 2.51. The molecule has 68 valence electrons. The Kier molecular flexibility index (Phi) is 3.46. The van der Waals surface area contributed by atoms with Crippen molar-refractivity contribution in [3.8, 4) is 6.07 Å². The maximum absolute atomic E-state index is 11.4. The quantitative estimate of drug-likeness (QED) is 0.884. The van der Waals surface area contributed by atoms with Crippen LogP contribution in [-0.4, -0.2) is 11.9 Å². The summed E-state index contributed by atoms with van der Waals surface area (Å²) in [4.78, 5) is 12.0. The number of carbonyl (C=O) groups excluding carboxylic acids is 1. The van der Waals surface area contributed by atoms with E-state index in [1.165, 1.54) is 11.3 Å². The second-order valence-corrected chi connectivity index (χ2v) is 4.19. The number of nitrogens with one attached hydrogen (secondary N) is 1. The van der Waals surface area contributed by atoms with Gasteiger partial charge >= 0.3 is 0 Å². The predicted octanol–water partition coefficient (Wildman–Crippen LogP) is 2.15. The van der Waals surface area contributed by atoms with Gasteiger partial charge in [0, 0.05) is 4.47 Å². The van der Waals surface area contributed by atoms with E-state index in [4.69, 9.17) is 5.26 Å². The Morgan fingerprint density at radius 2 is 2.54 bits per heavy atom. The van der Waals surface area contributed by atoms with E-state index in [9.17, 15) is 4.79 Å². The summed E-state index contributed by atoms with van der Waals surface area (Å²) in [5.74, 6) is -0.212. The summed E-state index contributed by atoms with van der Waals surface area (Å²) in [5, 5.41) is 12.8. The van der Waals surface area contributed by atoms with Gasteiger partial charge in [0.2, 0.25) is 0 Å². The molecule has 13 heavy (non-hydrogen) atoms. The number of amides is 1. The molecule has 0 saturated heterocycles. The normalized spacial score (nSPS) is 11.8. The maximum Gasteiger partial charge on any atom is 0.263 e. The van der Waals surface area contributed by atoms with Gasteiger partial charge in [-0.25, -0.2) is 0 Å². The topological polar surface area (TPSA) is 52.9 Å². The molecule has 0 aliphatic rings. The Morgan fingerprint density at radius 1 is 1.85 bits per heavy atom. The Morgan fingerprint density at radius 3 is 3.00 bits per heavy atom. The summed E-state index contributed by atoms with van der Waals surface area (Å²) in [5.41, 5.74) is 0. The van der Waals surface area contributed by atoms with Crippen molar-refractivity contribution >= 4 is 33.2 Å². The number of carbonyl (C=O) groups is 1. The third-order valence-electron chi connectivity index (χ3n) is 1.36. The van der Waals surface area contributed by atoms with Crippen LogP contribution in [0, 0.1) is 11.3 Å². The molecule has 1 aromatic rings. The largest absolute Gasteiger partial charge is 0.336 e. The van der Waals surface area contributed by atoms with E-state index in [2.05, 4.69) is 21.2 Å². The van der Waals surface area contributed by atoms with E-state index in [-0.39, 0.29) is 5.91 Å². The molecule has 0 aromatic carbocycles. The fourth-order valence-electron chi connectivity index (χ4n) is 0.750. The fourth-order valence-corrected chi connectivity index (χ4v) is 2.20. The van der Waals surface area contributed by atoms with Crippen LogP contribution in [-0.2, 0) is 0 Å². The zero-order valence-corrected chi connectivity index (χ0v) is 9.28. The van der Waals surface area contributed by atoms with E-state index in [0.717, 1.165) is 4.47 Å². The Labute approximate surface area is 88.5 Å². The van der Waals surface area contributed by atoms with Gasteiger partial charge in [0.1, 0.15) is 10.9 Å². The third-order valence-corrected chi connectivity index (χ3v) is 3.20. The number of hydrogen-bond donors (Lipinski definition) is 1. The standard InChI is InChI=1S/C8H7BrN2OS/c1-5(4-10)11-8(12)7-6(9)2-3-13-7/h2-3,5H,1H3,(H,11,12)/t5-/m1/s1. The Balaban J connectivity index is 2.71. The molecule has 5 heteroatoms. The molecule has 1 amide bonds. The van der Waals surface area contributed by atoms with Crippen LogP contribution in [0.1, 0.15) is 16.6 Å². The van der Waals surface area contributed by atoms with Crippen molar-refractivity contribution in [1.29, 1.82) is 5.26 Å². The van der Waals surface area contributed by atoms with Gasteiger partial charge in [0.25, 0.3) is 5.91 Å². The molecule has 0 aliphatic heterocycles. The van der Waals surface area contributed by atoms with Crippen LogP contribution in [0.5, 0.6) is 0 Å². The number of thiophene rings is 1. The number of rotatable bonds is 2. The Hall–Kier alpha value is -0.860. The van der Waals surface area contributed by atoms with Crippen LogP contribution < -0.4 is 5.32 Å². The van der Waals surface area contributed by atoms with Gasteiger partial charge in [0.15, 0.2) is 0 Å². The number of nitriles is 1. The van der Waals surface area contributed by atoms with Crippen LogP contribution in [0.2, 0.25) is 0 Å².